The molecule has 8 nitrogen and oxygen atoms in total. The van der Waals surface area contributed by atoms with E-state index in [1.807, 2.05) is 30.3 Å². The predicted molar refractivity (Wildman–Crippen MR) is 127 cm³/mol. The smallest absolute Gasteiger partial charge is 0.406 e. The lowest BCUT2D eigenvalue weighted by atomic mass is 10.1. The predicted octanol–water partition coefficient (Wildman–Crippen LogP) is 4.66. The number of hydrogen-bond donors (Lipinski definition) is 1. The Kier molecular flexibility index (Phi) is 6.06. The molecule has 2 aromatic carbocycles. The standard InChI is InChI=1S/C26H21F3N4O4/c27-26(28,29)37-20-8-6-19(7-9-20)33-23(35)25(11-12-25)32(24(33)36)16-18-10-13-30-21(14-18)31-22(34)15-17-4-2-1-3-5-17/h1-10,13-14H,11-12,15-16H2,(H,30,31,34). The molecule has 3 aromatic rings. The summed E-state index contributed by atoms with van der Waals surface area (Å²) < 4.78 is 41.2. The molecule has 0 bridgehead atoms. The first-order chi connectivity index (χ1) is 17.6. The fourth-order valence-corrected chi connectivity index (χ4v) is 4.35. The molecule has 2 fully saturated rings. The summed E-state index contributed by atoms with van der Waals surface area (Å²) in [4.78, 5) is 45.5. The van der Waals surface area contributed by atoms with Crippen LogP contribution in [0.25, 0.3) is 0 Å². The second-order valence-corrected chi connectivity index (χ2v) is 8.84. The lowest BCUT2D eigenvalue weighted by Crippen LogP contribution is -2.36. The number of anilines is 2. The maximum Gasteiger partial charge on any atom is 0.573 e. The highest BCUT2D eigenvalue weighted by Gasteiger charge is 2.65. The van der Waals surface area contributed by atoms with E-state index in [1.54, 1.807) is 12.1 Å². The molecule has 1 aromatic heterocycles. The van der Waals surface area contributed by atoms with Gasteiger partial charge in [0.1, 0.15) is 17.1 Å². The van der Waals surface area contributed by atoms with E-state index >= 15 is 0 Å². The van der Waals surface area contributed by atoms with Crippen LogP contribution >= 0.6 is 0 Å². The van der Waals surface area contributed by atoms with Crippen LogP contribution in [0.3, 0.4) is 0 Å². The Morgan fingerprint density at radius 3 is 2.35 bits per heavy atom. The van der Waals surface area contributed by atoms with Crippen molar-refractivity contribution in [1.29, 1.82) is 0 Å². The molecule has 1 saturated carbocycles. The summed E-state index contributed by atoms with van der Waals surface area (Å²) in [5.74, 6) is -0.802. The van der Waals surface area contributed by atoms with Gasteiger partial charge in [-0.25, -0.2) is 14.7 Å². The number of rotatable bonds is 7. The maximum absolute atomic E-state index is 13.3. The van der Waals surface area contributed by atoms with Gasteiger partial charge in [0.15, 0.2) is 0 Å². The van der Waals surface area contributed by atoms with E-state index < -0.39 is 29.6 Å². The molecule has 1 N–H and O–H groups in total. The Balaban J connectivity index is 1.30. The van der Waals surface area contributed by atoms with E-state index in [0.29, 0.717) is 24.2 Å². The number of hydrogen-bond acceptors (Lipinski definition) is 5. The van der Waals surface area contributed by atoms with Gasteiger partial charge in [0, 0.05) is 12.7 Å². The van der Waals surface area contributed by atoms with Crippen molar-refractivity contribution in [3.8, 4) is 5.75 Å². The first kappa shape index (κ1) is 24.3. The Morgan fingerprint density at radius 2 is 1.70 bits per heavy atom. The molecule has 4 amide bonds. The van der Waals surface area contributed by atoms with E-state index in [9.17, 15) is 27.6 Å². The molecule has 1 spiro atoms. The summed E-state index contributed by atoms with van der Waals surface area (Å²) in [5, 5.41) is 2.75. The molecule has 11 heteroatoms. The van der Waals surface area contributed by atoms with E-state index in [-0.39, 0.29) is 24.6 Å². The monoisotopic (exact) mass is 510 g/mol. The van der Waals surface area contributed by atoms with Gasteiger partial charge in [0.2, 0.25) is 5.91 Å². The lowest BCUT2D eigenvalue weighted by molar-refractivity contribution is -0.274. The summed E-state index contributed by atoms with van der Waals surface area (Å²) in [6.07, 6.45) is -2.20. The molecule has 1 aliphatic heterocycles. The van der Waals surface area contributed by atoms with Gasteiger partial charge in [-0.1, -0.05) is 30.3 Å². The van der Waals surface area contributed by atoms with E-state index in [0.717, 1.165) is 22.6 Å². The lowest BCUT2D eigenvalue weighted by Gasteiger charge is -2.21. The normalized spacial score (nSPS) is 16.3. The third-order valence-electron chi connectivity index (χ3n) is 6.23. The van der Waals surface area contributed by atoms with Crippen molar-refractivity contribution in [1.82, 2.24) is 9.88 Å². The van der Waals surface area contributed by atoms with Crippen LogP contribution in [0, 0.1) is 0 Å². The Hall–Kier alpha value is -4.41. The highest BCUT2D eigenvalue weighted by Crippen LogP contribution is 2.49. The maximum atomic E-state index is 13.3. The largest absolute Gasteiger partial charge is 0.573 e. The first-order valence-corrected chi connectivity index (χ1v) is 11.5. The Morgan fingerprint density at radius 1 is 1.00 bits per heavy atom. The minimum atomic E-state index is -4.85. The molecule has 1 saturated heterocycles. The molecule has 190 valence electrons. The molecule has 37 heavy (non-hydrogen) atoms. The highest BCUT2D eigenvalue weighted by atomic mass is 19.4. The fraction of sp³-hybridized carbons (Fsp3) is 0.231. The molecule has 0 atom stereocenters. The summed E-state index contributed by atoms with van der Waals surface area (Å²) >= 11 is 0. The van der Waals surface area contributed by atoms with Gasteiger partial charge in [0.25, 0.3) is 5.91 Å². The van der Waals surface area contributed by atoms with Crippen molar-refractivity contribution >= 4 is 29.4 Å². The number of amides is 4. The zero-order chi connectivity index (χ0) is 26.2. The number of imide groups is 1. The fourth-order valence-electron chi connectivity index (χ4n) is 4.35. The number of carbonyl (C=O) groups excluding carboxylic acids is 3. The van der Waals surface area contributed by atoms with E-state index in [2.05, 4.69) is 15.0 Å². The van der Waals surface area contributed by atoms with Gasteiger partial charge in [-0.2, -0.15) is 0 Å². The van der Waals surface area contributed by atoms with Crippen molar-refractivity contribution < 1.29 is 32.3 Å². The van der Waals surface area contributed by atoms with Crippen molar-refractivity contribution in [2.24, 2.45) is 0 Å². The molecule has 2 aliphatic rings. The third-order valence-corrected chi connectivity index (χ3v) is 6.23. The van der Waals surface area contributed by atoms with Crippen LogP contribution in [0.5, 0.6) is 5.75 Å². The second-order valence-electron chi connectivity index (χ2n) is 8.84. The molecule has 2 heterocycles. The average molecular weight is 510 g/mol. The molecular formula is C26H21F3N4O4. The first-order valence-electron chi connectivity index (χ1n) is 11.5. The molecule has 0 unspecified atom stereocenters. The van der Waals surface area contributed by atoms with Gasteiger partial charge in [0.05, 0.1) is 12.1 Å². The van der Waals surface area contributed by atoms with Crippen LogP contribution in [0.15, 0.2) is 72.9 Å². The molecule has 1 aliphatic carbocycles. The number of aromatic nitrogens is 1. The van der Waals surface area contributed by atoms with Crippen molar-refractivity contribution in [3.05, 3.63) is 84.1 Å². The number of alkyl halides is 3. The minimum absolute atomic E-state index is 0.0976. The number of nitrogens with one attached hydrogen (secondary N) is 1. The summed E-state index contributed by atoms with van der Waals surface area (Å²) in [6.45, 7) is 0.0976. The van der Waals surface area contributed by atoms with Crippen LogP contribution in [0.1, 0.15) is 24.0 Å². The Labute approximate surface area is 209 Å². The third kappa shape index (κ3) is 5.11. The SMILES string of the molecule is O=C(Cc1ccccc1)Nc1cc(CN2C(=O)N(c3ccc(OC(F)(F)F)cc3)C(=O)C23CC3)ccn1. The highest BCUT2D eigenvalue weighted by molar-refractivity contribution is 6.24. The summed E-state index contributed by atoms with van der Waals surface area (Å²) in [7, 11) is 0. The van der Waals surface area contributed by atoms with Gasteiger partial charge < -0.3 is 15.0 Å². The van der Waals surface area contributed by atoms with Crippen LogP contribution in [0.4, 0.5) is 29.5 Å². The average Bonchev–Trinajstić information content (AvgIpc) is 3.62. The van der Waals surface area contributed by atoms with Crippen molar-refractivity contribution in [3.63, 3.8) is 0 Å². The van der Waals surface area contributed by atoms with Crippen LogP contribution in [0.2, 0.25) is 0 Å². The number of pyridine rings is 1. The number of ether oxygens (including phenoxy) is 1. The summed E-state index contributed by atoms with van der Waals surface area (Å²) in [5.41, 5.74) is 0.680. The molecule has 0 radical (unpaired) electrons. The van der Waals surface area contributed by atoms with E-state index in [4.69, 9.17) is 0 Å². The van der Waals surface area contributed by atoms with Crippen LogP contribution in [-0.4, -0.2) is 39.6 Å². The molecular weight excluding hydrogens is 489 g/mol. The molecule has 5 rings (SSSR count). The number of nitrogens with zero attached hydrogens (tertiary/aromatic N) is 3. The van der Waals surface area contributed by atoms with Crippen molar-refractivity contribution in [2.45, 2.75) is 37.7 Å². The van der Waals surface area contributed by atoms with Crippen LogP contribution < -0.4 is 15.0 Å². The number of carbonyl (C=O) groups is 3. The van der Waals surface area contributed by atoms with Crippen LogP contribution in [-0.2, 0) is 22.6 Å². The zero-order valence-corrected chi connectivity index (χ0v) is 19.4. The zero-order valence-electron chi connectivity index (χ0n) is 19.4. The van der Waals surface area contributed by atoms with Crippen molar-refractivity contribution in [2.75, 3.05) is 10.2 Å². The number of halogens is 3. The quantitative estimate of drug-likeness (QED) is 0.467. The summed E-state index contributed by atoms with van der Waals surface area (Å²) in [6, 6.07) is 16.6. The number of benzene rings is 2. The van der Waals surface area contributed by atoms with Gasteiger partial charge in [-0.3, -0.25) is 9.59 Å². The minimum Gasteiger partial charge on any atom is -0.406 e. The topological polar surface area (TPSA) is 91.8 Å². The van der Waals surface area contributed by atoms with Gasteiger partial charge >= 0.3 is 12.4 Å². The van der Waals surface area contributed by atoms with E-state index in [1.165, 1.54) is 23.2 Å². The number of urea groups is 1. The Bertz CT molecular complexity index is 1340. The second kappa shape index (κ2) is 9.23. The van der Waals surface area contributed by atoms with Gasteiger partial charge in [-0.15, -0.1) is 13.2 Å². The van der Waals surface area contributed by atoms with Gasteiger partial charge in [-0.05, 0) is 60.4 Å².